The number of hydrogen-bond donors (Lipinski definition) is 1. The number of carbonyl (C=O) groups excluding carboxylic acids is 1. The molecule has 0 aliphatic heterocycles. The number of rotatable bonds is 6. The van der Waals surface area contributed by atoms with Crippen LogP contribution in [0.5, 0.6) is 0 Å². The van der Waals surface area contributed by atoms with Gasteiger partial charge in [-0.05, 0) is 5.56 Å². The van der Waals surface area contributed by atoms with E-state index in [0.29, 0.717) is 5.75 Å². The Hall–Kier alpha value is -1.60. The minimum Gasteiger partial charge on any atom is -0.356 e. The van der Waals surface area contributed by atoms with E-state index in [0.717, 1.165) is 16.0 Å². The van der Waals surface area contributed by atoms with Crippen LogP contribution in [-0.4, -0.2) is 40.9 Å². The van der Waals surface area contributed by atoms with E-state index in [1.54, 1.807) is 19.0 Å². The maximum atomic E-state index is 11.5. The van der Waals surface area contributed by atoms with Crippen molar-refractivity contribution < 1.29 is 4.79 Å². The molecular weight excluding hydrogens is 292 g/mol. The third-order valence-corrected chi connectivity index (χ3v) is 4.51. The first kappa shape index (κ1) is 14.8. The molecule has 0 atom stereocenters. The molecule has 0 saturated heterocycles. The van der Waals surface area contributed by atoms with Gasteiger partial charge in [0, 0.05) is 20.6 Å². The topological polar surface area (TPSA) is 58.1 Å². The Kier molecular flexibility index (Phi) is 5.37. The summed E-state index contributed by atoms with van der Waals surface area (Å²) in [6.07, 6.45) is 0. The molecule has 0 bridgehead atoms. The standard InChI is InChI=1S/C13H16N4OS2/c1-17(2)11(18)9-19-13-16-15-12(20-13)14-8-10-6-4-3-5-7-10/h3-7H,8-9H2,1-2H3,(H,14,15). The molecule has 1 aromatic carbocycles. The Labute approximate surface area is 126 Å². The van der Waals surface area contributed by atoms with Gasteiger partial charge in [-0.25, -0.2) is 0 Å². The highest BCUT2D eigenvalue weighted by atomic mass is 32.2. The van der Waals surface area contributed by atoms with Gasteiger partial charge in [-0.1, -0.05) is 53.4 Å². The third kappa shape index (κ3) is 4.50. The van der Waals surface area contributed by atoms with Gasteiger partial charge in [-0.3, -0.25) is 4.79 Å². The number of carbonyl (C=O) groups is 1. The van der Waals surface area contributed by atoms with Crippen molar-refractivity contribution in [2.75, 3.05) is 25.2 Å². The summed E-state index contributed by atoms with van der Waals surface area (Å²) in [5.41, 5.74) is 1.19. The molecule has 7 heteroatoms. The summed E-state index contributed by atoms with van der Waals surface area (Å²) < 4.78 is 0.802. The summed E-state index contributed by atoms with van der Waals surface area (Å²) in [5.74, 6) is 0.462. The molecule has 0 fully saturated rings. The number of anilines is 1. The number of hydrogen-bond acceptors (Lipinski definition) is 6. The van der Waals surface area contributed by atoms with Crippen LogP contribution in [0, 0.1) is 0 Å². The molecule has 5 nitrogen and oxygen atoms in total. The lowest BCUT2D eigenvalue weighted by Crippen LogP contribution is -2.23. The van der Waals surface area contributed by atoms with Crippen LogP contribution in [0.4, 0.5) is 5.13 Å². The van der Waals surface area contributed by atoms with Gasteiger partial charge in [0.2, 0.25) is 11.0 Å². The molecule has 1 aromatic heterocycles. The fourth-order valence-electron chi connectivity index (χ4n) is 1.37. The third-order valence-electron chi connectivity index (χ3n) is 2.51. The molecule has 20 heavy (non-hydrogen) atoms. The molecule has 0 unspecified atom stereocenters. The Morgan fingerprint density at radius 1 is 1.30 bits per heavy atom. The van der Waals surface area contributed by atoms with Crippen LogP contribution >= 0.6 is 23.1 Å². The first-order valence-corrected chi connectivity index (χ1v) is 7.89. The first-order chi connectivity index (χ1) is 9.65. The van der Waals surface area contributed by atoms with E-state index in [-0.39, 0.29) is 5.91 Å². The molecule has 0 radical (unpaired) electrons. The summed E-state index contributed by atoms with van der Waals surface area (Å²) in [7, 11) is 3.49. The molecular formula is C13H16N4OS2. The molecule has 1 amide bonds. The Balaban J connectivity index is 1.82. The van der Waals surface area contributed by atoms with E-state index in [2.05, 4.69) is 27.6 Å². The van der Waals surface area contributed by atoms with Crippen molar-refractivity contribution in [3.05, 3.63) is 35.9 Å². The summed E-state index contributed by atoms with van der Waals surface area (Å²) in [4.78, 5) is 13.1. The number of thioether (sulfide) groups is 1. The van der Waals surface area contributed by atoms with Crippen molar-refractivity contribution in [1.29, 1.82) is 0 Å². The summed E-state index contributed by atoms with van der Waals surface area (Å²) in [6.45, 7) is 0.719. The van der Waals surface area contributed by atoms with Gasteiger partial charge in [0.1, 0.15) is 0 Å². The number of benzene rings is 1. The maximum absolute atomic E-state index is 11.5. The van der Waals surface area contributed by atoms with Crippen molar-refractivity contribution in [3.8, 4) is 0 Å². The minimum atomic E-state index is 0.0731. The van der Waals surface area contributed by atoms with Crippen LogP contribution < -0.4 is 5.32 Å². The van der Waals surface area contributed by atoms with Gasteiger partial charge in [-0.15, -0.1) is 10.2 Å². The lowest BCUT2D eigenvalue weighted by molar-refractivity contribution is -0.125. The van der Waals surface area contributed by atoms with E-state index in [4.69, 9.17) is 0 Å². The second-order valence-corrected chi connectivity index (χ2v) is 6.49. The van der Waals surface area contributed by atoms with Gasteiger partial charge in [0.05, 0.1) is 5.75 Å². The van der Waals surface area contributed by atoms with Crippen molar-refractivity contribution >= 4 is 34.1 Å². The number of amides is 1. The second kappa shape index (κ2) is 7.25. The Morgan fingerprint density at radius 2 is 2.05 bits per heavy atom. The predicted octanol–water partition coefficient (Wildman–Crippen LogP) is 2.33. The SMILES string of the molecule is CN(C)C(=O)CSc1nnc(NCc2ccccc2)s1. The van der Waals surface area contributed by atoms with Crippen molar-refractivity contribution in [3.63, 3.8) is 0 Å². The lowest BCUT2D eigenvalue weighted by Gasteiger charge is -2.07. The van der Waals surface area contributed by atoms with Gasteiger partial charge in [-0.2, -0.15) is 0 Å². The van der Waals surface area contributed by atoms with Crippen LogP contribution in [0.2, 0.25) is 0 Å². The molecule has 0 aliphatic carbocycles. The second-order valence-electron chi connectivity index (χ2n) is 4.29. The van der Waals surface area contributed by atoms with Gasteiger partial charge < -0.3 is 10.2 Å². The minimum absolute atomic E-state index is 0.0731. The van der Waals surface area contributed by atoms with E-state index in [1.165, 1.54) is 28.7 Å². The molecule has 0 spiro atoms. The molecule has 106 valence electrons. The molecule has 2 aromatic rings. The number of aromatic nitrogens is 2. The largest absolute Gasteiger partial charge is 0.356 e. The van der Waals surface area contributed by atoms with Crippen LogP contribution in [-0.2, 0) is 11.3 Å². The van der Waals surface area contributed by atoms with E-state index in [1.807, 2.05) is 18.2 Å². The Bertz CT molecular complexity index is 557. The van der Waals surface area contributed by atoms with Crippen molar-refractivity contribution in [2.45, 2.75) is 10.9 Å². The van der Waals surface area contributed by atoms with Crippen molar-refractivity contribution in [2.24, 2.45) is 0 Å². The average molecular weight is 308 g/mol. The highest BCUT2D eigenvalue weighted by molar-refractivity contribution is 8.01. The van der Waals surface area contributed by atoms with E-state index >= 15 is 0 Å². The van der Waals surface area contributed by atoms with Gasteiger partial charge in [0.25, 0.3) is 0 Å². The quantitative estimate of drug-likeness (QED) is 0.830. The summed E-state index contributed by atoms with van der Waals surface area (Å²) >= 11 is 2.88. The lowest BCUT2D eigenvalue weighted by atomic mass is 10.2. The average Bonchev–Trinajstić information content (AvgIpc) is 2.91. The summed E-state index contributed by atoms with van der Waals surface area (Å²) in [6, 6.07) is 10.1. The first-order valence-electron chi connectivity index (χ1n) is 6.09. The smallest absolute Gasteiger partial charge is 0.232 e. The van der Waals surface area contributed by atoms with E-state index < -0.39 is 0 Å². The fraction of sp³-hybridized carbons (Fsp3) is 0.308. The van der Waals surface area contributed by atoms with Crippen LogP contribution in [0.25, 0.3) is 0 Å². The van der Waals surface area contributed by atoms with Crippen molar-refractivity contribution in [1.82, 2.24) is 15.1 Å². The van der Waals surface area contributed by atoms with Gasteiger partial charge >= 0.3 is 0 Å². The number of nitrogens with zero attached hydrogens (tertiary/aromatic N) is 3. The molecule has 2 rings (SSSR count). The highest BCUT2D eigenvalue weighted by Gasteiger charge is 2.09. The summed E-state index contributed by atoms with van der Waals surface area (Å²) in [5, 5.41) is 12.1. The van der Waals surface area contributed by atoms with Crippen LogP contribution in [0.3, 0.4) is 0 Å². The zero-order valence-corrected chi connectivity index (χ0v) is 13.0. The monoisotopic (exact) mass is 308 g/mol. The predicted molar refractivity (Wildman–Crippen MR) is 83.1 cm³/mol. The normalized spacial score (nSPS) is 10.3. The number of nitrogens with one attached hydrogen (secondary N) is 1. The van der Waals surface area contributed by atoms with Crippen LogP contribution in [0.1, 0.15) is 5.56 Å². The zero-order valence-electron chi connectivity index (χ0n) is 11.4. The van der Waals surface area contributed by atoms with Crippen LogP contribution in [0.15, 0.2) is 34.7 Å². The van der Waals surface area contributed by atoms with Gasteiger partial charge in [0.15, 0.2) is 4.34 Å². The molecule has 1 heterocycles. The molecule has 0 aliphatic rings. The molecule has 1 N–H and O–H groups in total. The zero-order chi connectivity index (χ0) is 14.4. The van der Waals surface area contributed by atoms with E-state index in [9.17, 15) is 4.79 Å². The maximum Gasteiger partial charge on any atom is 0.232 e. The highest BCUT2D eigenvalue weighted by Crippen LogP contribution is 2.25. The molecule has 0 saturated carbocycles. The fourth-order valence-corrected chi connectivity index (χ4v) is 3.09. The Morgan fingerprint density at radius 3 is 2.75 bits per heavy atom.